The second-order valence-corrected chi connectivity index (χ2v) is 8.74. The van der Waals surface area contributed by atoms with Crippen molar-refractivity contribution in [2.45, 2.75) is 6.92 Å². The fraction of sp³-hybridized carbons (Fsp3) is 0.261. The van der Waals surface area contributed by atoms with Gasteiger partial charge in [0.25, 0.3) is 5.69 Å². The number of nitro groups is 1. The van der Waals surface area contributed by atoms with E-state index in [1.165, 1.54) is 36.5 Å². The summed E-state index contributed by atoms with van der Waals surface area (Å²) in [5.41, 5.74) is 1.92. The Bertz CT molecular complexity index is 1240. The molecule has 0 spiro atoms. The lowest BCUT2D eigenvalue weighted by Crippen LogP contribution is -2.48. The molecule has 34 heavy (non-hydrogen) atoms. The summed E-state index contributed by atoms with van der Waals surface area (Å²) < 4.78 is 14.4. The summed E-state index contributed by atoms with van der Waals surface area (Å²) in [7, 11) is 0. The summed E-state index contributed by atoms with van der Waals surface area (Å²) in [5, 5.41) is 15.9. The van der Waals surface area contributed by atoms with Crippen LogP contribution in [-0.4, -0.2) is 59.2 Å². The molecule has 2 aromatic carbocycles. The predicted molar refractivity (Wildman–Crippen MR) is 128 cm³/mol. The molecule has 0 bridgehead atoms. The number of benzene rings is 2. The summed E-state index contributed by atoms with van der Waals surface area (Å²) in [4.78, 5) is 42.7. The van der Waals surface area contributed by atoms with Gasteiger partial charge in [-0.1, -0.05) is 12.1 Å². The maximum atomic E-state index is 14.4. The molecule has 11 heteroatoms. The first kappa shape index (κ1) is 23.5. The average molecular weight is 484 g/mol. The molecular formula is C23H22FN5O4S. The van der Waals surface area contributed by atoms with Crippen LogP contribution in [0.2, 0.25) is 0 Å². The van der Waals surface area contributed by atoms with Crippen LogP contribution in [0.5, 0.6) is 0 Å². The van der Waals surface area contributed by atoms with E-state index in [0.29, 0.717) is 53.8 Å². The fourth-order valence-corrected chi connectivity index (χ4v) is 4.47. The molecular weight excluding hydrogens is 461 g/mol. The number of carbonyl (C=O) groups is 2. The molecule has 0 aliphatic carbocycles. The van der Waals surface area contributed by atoms with E-state index in [0.717, 1.165) is 0 Å². The lowest BCUT2D eigenvalue weighted by molar-refractivity contribution is -0.384. The Morgan fingerprint density at radius 2 is 1.94 bits per heavy atom. The number of ketones is 1. The van der Waals surface area contributed by atoms with Gasteiger partial charge in [-0.25, -0.2) is 9.37 Å². The molecule has 0 saturated carbocycles. The third-order valence-corrected chi connectivity index (χ3v) is 6.30. The molecule has 1 fully saturated rings. The van der Waals surface area contributed by atoms with Gasteiger partial charge < -0.3 is 10.2 Å². The van der Waals surface area contributed by atoms with Crippen molar-refractivity contribution >= 4 is 39.5 Å². The molecule has 0 radical (unpaired) electrons. The van der Waals surface area contributed by atoms with E-state index >= 15 is 0 Å². The molecule has 0 atom stereocenters. The van der Waals surface area contributed by atoms with Crippen LogP contribution in [0.4, 0.5) is 20.9 Å². The summed E-state index contributed by atoms with van der Waals surface area (Å²) in [6.07, 6.45) is 0. The first-order chi connectivity index (χ1) is 16.3. The molecule has 1 amide bonds. The second kappa shape index (κ2) is 10.1. The number of nitrogens with zero attached hydrogens (tertiary/aromatic N) is 4. The van der Waals surface area contributed by atoms with Gasteiger partial charge in [-0.2, -0.15) is 0 Å². The van der Waals surface area contributed by atoms with Gasteiger partial charge in [0.05, 0.1) is 22.8 Å². The number of nitro benzene ring substituents is 1. The van der Waals surface area contributed by atoms with Gasteiger partial charge >= 0.3 is 0 Å². The van der Waals surface area contributed by atoms with Crippen molar-refractivity contribution in [3.05, 3.63) is 69.3 Å². The first-order valence-electron chi connectivity index (χ1n) is 10.6. The Morgan fingerprint density at radius 1 is 1.18 bits per heavy atom. The molecule has 1 aliphatic rings. The quantitative estimate of drug-likeness (QED) is 0.309. The Hall–Kier alpha value is -3.70. The minimum absolute atomic E-state index is 0.0232. The number of hydrogen-bond donors (Lipinski definition) is 1. The predicted octanol–water partition coefficient (Wildman–Crippen LogP) is 3.82. The van der Waals surface area contributed by atoms with E-state index in [9.17, 15) is 24.1 Å². The van der Waals surface area contributed by atoms with Crippen LogP contribution in [-0.2, 0) is 4.79 Å². The third-order valence-electron chi connectivity index (χ3n) is 5.54. The highest BCUT2D eigenvalue weighted by Crippen LogP contribution is 2.27. The fourth-order valence-electron chi connectivity index (χ4n) is 3.73. The van der Waals surface area contributed by atoms with Crippen LogP contribution in [0.25, 0.3) is 11.3 Å². The molecule has 1 aromatic heterocycles. The average Bonchev–Trinajstić information content (AvgIpc) is 3.28. The number of aromatic nitrogens is 1. The standard InChI is InChI=1S/C23H22FN5O4S/c1-15(30)16-5-6-21(19(24)12-16)28-9-7-27(8-10-28)13-22(31)26-23-25-20(14-34-23)17-3-2-4-18(11-17)29(32)33/h2-6,11-12,14H,7-10,13H2,1H3,(H,25,26,31). The summed E-state index contributed by atoms with van der Waals surface area (Å²) >= 11 is 1.25. The number of anilines is 2. The van der Waals surface area contributed by atoms with E-state index in [1.807, 2.05) is 9.80 Å². The molecule has 1 N–H and O–H groups in total. The van der Waals surface area contributed by atoms with E-state index in [1.54, 1.807) is 29.6 Å². The minimum atomic E-state index is -0.464. The Kier molecular flexibility index (Phi) is 6.94. The highest BCUT2D eigenvalue weighted by Gasteiger charge is 2.22. The number of rotatable bonds is 7. The lowest BCUT2D eigenvalue weighted by Gasteiger charge is -2.35. The molecule has 2 heterocycles. The van der Waals surface area contributed by atoms with Crippen LogP contribution < -0.4 is 10.2 Å². The van der Waals surface area contributed by atoms with Crippen LogP contribution in [0.15, 0.2) is 47.8 Å². The largest absolute Gasteiger partial charge is 0.367 e. The molecule has 176 valence electrons. The van der Waals surface area contributed by atoms with Gasteiger partial charge in [0.15, 0.2) is 10.9 Å². The van der Waals surface area contributed by atoms with E-state index < -0.39 is 10.7 Å². The first-order valence-corrected chi connectivity index (χ1v) is 11.5. The van der Waals surface area contributed by atoms with Gasteiger partial charge in [0.1, 0.15) is 5.82 Å². The normalized spacial score (nSPS) is 14.1. The van der Waals surface area contributed by atoms with Crippen molar-refractivity contribution in [2.75, 3.05) is 42.9 Å². The Labute approximate surface area is 199 Å². The number of hydrogen-bond acceptors (Lipinski definition) is 8. The van der Waals surface area contributed by atoms with E-state index in [-0.39, 0.29) is 23.9 Å². The van der Waals surface area contributed by atoms with Crippen molar-refractivity contribution in [2.24, 2.45) is 0 Å². The monoisotopic (exact) mass is 483 g/mol. The van der Waals surface area contributed by atoms with Crippen molar-refractivity contribution in [3.63, 3.8) is 0 Å². The Morgan fingerprint density at radius 3 is 2.62 bits per heavy atom. The Balaban J connectivity index is 1.30. The summed E-state index contributed by atoms with van der Waals surface area (Å²) in [5.74, 6) is -0.827. The van der Waals surface area contributed by atoms with Gasteiger partial charge in [-0.15, -0.1) is 11.3 Å². The highest BCUT2D eigenvalue weighted by molar-refractivity contribution is 7.14. The molecule has 1 saturated heterocycles. The van der Waals surface area contributed by atoms with E-state index in [2.05, 4.69) is 10.3 Å². The van der Waals surface area contributed by atoms with Gasteiger partial charge in [-0.05, 0) is 25.1 Å². The summed E-state index contributed by atoms with van der Waals surface area (Å²) in [6.45, 7) is 3.84. The van der Waals surface area contributed by atoms with Gasteiger partial charge in [0.2, 0.25) is 5.91 Å². The number of Topliss-reactive ketones (excluding diaryl/α,β-unsaturated/α-hetero) is 1. The summed E-state index contributed by atoms with van der Waals surface area (Å²) in [6, 6.07) is 10.7. The van der Waals surface area contributed by atoms with Gasteiger partial charge in [-0.3, -0.25) is 24.6 Å². The lowest BCUT2D eigenvalue weighted by atomic mass is 10.1. The zero-order valence-corrected chi connectivity index (χ0v) is 19.2. The number of carbonyl (C=O) groups excluding carboxylic acids is 2. The molecule has 3 aromatic rings. The maximum Gasteiger partial charge on any atom is 0.270 e. The number of piperazine rings is 1. The number of thiazole rings is 1. The highest BCUT2D eigenvalue weighted by atomic mass is 32.1. The second-order valence-electron chi connectivity index (χ2n) is 7.88. The van der Waals surface area contributed by atoms with Crippen LogP contribution in [0.3, 0.4) is 0 Å². The zero-order valence-electron chi connectivity index (χ0n) is 18.4. The molecule has 0 unspecified atom stereocenters. The van der Waals surface area contributed by atoms with Crippen LogP contribution in [0, 0.1) is 15.9 Å². The minimum Gasteiger partial charge on any atom is -0.367 e. The van der Waals surface area contributed by atoms with Crippen molar-refractivity contribution in [1.29, 1.82) is 0 Å². The maximum absolute atomic E-state index is 14.4. The number of non-ortho nitro benzene ring substituents is 1. The number of amides is 1. The molecule has 9 nitrogen and oxygen atoms in total. The van der Waals surface area contributed by atoms with Gasteiger partial charge in [0, 0.05) is 54.8 Å². The van der Waals surface area contributed by atoms with Crippen molar-refractivity contribution in [3.8, 4) is 11.3 Å². The smallest absolute Gasteiger partial charge is 0.270 e. The zero-order chi connectivity index (χ0) is 24.2. The van der Waals surface area contributed by atoms with Crippen molar-refractivity contribution < 1.29 is 18.9 Å². The molecule has 4 rings (SSSR count). The third kappa shape index (κ3) is 5.43. The molecule has 1 aliphatic heterocycles. The number of halogens is 1. The number of nitrogens with one attached hydrogen (secondary N) is 1. The topological polar surface area (TPSA) is 109 Å². The van der Waals surface area contributed by atoms with E-state index in [4.69, 9.17) is 0 Å². The van der Waals surface area contributed by atoms with Crippen LogP contribution >= 0.6 is 11.3 Å². The van der Waals surface area contributed by atoms with Crippen LogP contribution in [0.1, 0.15) is 17.3 Å². The SMILES string of the molecule is CC(=O)c1ccc(N2CCN(CC(=O)Nc3nc(-c4cccc([N+](=O)[O-])c4)cs3)CC2)c(F)c1. The van der Waals surface area contributed by atoms with Crippen molar-refractivity contribution in [1.82, 2.24) is 9.88 Å².